The summed E-state index contributed by atoms with van der Waals surface area (Å²) in [5.74, 6) is 0.284. The van der Waals surface area contributed by atoms with E-state index in [1.54, 1.807) is 11.3 Å². The molecule has 0 saturated heterocycles. The number of Topliss-reactive ketones (excluding diaryl/α,β-unsaturated/α-hetero) is 1. The van der Waals surface area contributed by atoms with Crippen LogP contribution in [0.5, 0.6) is 0 Å². The van der Waals surface area contributed by atoms with E-state index in [1.807, 2.05) is 17.5 Å². The van der Waals surface area contributed by atoms with Crippen LogP contribution in [0.3, 0.4) is 0 Å². The third-order valence-corrected chi connectivity index (χ3v) is 4.31. The summed E-state index contributed by atoms with van der Waals surface area (Å²) in [7, 11) is 0. The number of nitrogens with zero attached hydrogens (tertiary/aromatic N) is 2. The molecule has 0 unspecified atom stereocenters. The Hall–Kier alpha value is -2.08. The number of rotatable bonds is 2. The smallest absolute Gasteiger partial charge is 0.229 e. The Labute approximate surface area is 120 Å². The van der Waals surface area contributed by atoms with Crippen LogP contribution >= 0.6 is 11.3 Å². The lowest BCUT2D eigenvalue weighted by Gasteiger charge is -2.21. The summed E-state index contributed by atoms with van der Waals surface area (Å²) in [6, 6.07) is 4.03. The van der Waals surface area contributed by atoms with Crippen molar-refractivity contribution in [3.05, 3.63) is 39.8 Å². The molecular formula is C14H13N3O2S. The molecule has 1 aliphatic carbocycles. The summed E-state index contributed by atoms with van der Waals surface area (Å²) in [6.45, 7) is 1.41. The number of ketones is 1. The van der Waals surface area contributed by atoms with E-state index < -0.39 is 0 Å². The van der Waals surface area contributed by atoms with Gasteiger partial charge in [0.25, 0.3) is 0 Å². The van der Waals surface area contributed by atoms with Gasteiger partial charge in [0, 0.05) is 30.3 Å². The zero-order chi connectivity index (χ0) is 14.1. The molecule has 0 radical (unpaired) electrons. The maximum Gasteiger partial charge on any atom is 0.229 e. The summed E-state index contributed by atoms with van der Waals surface area (Å²) in [5.41, 5.74) is 1.30. The summed E-state index contributed by atoms with van der Waals surface area (Å²) in [5, 5.41) is 4.56. The van der Waals surface area contributed by atoms with Crippen LogP contribution in [0.25, 0.3) is 0 Å². The second-order valence-electron chi connectivity index (χ2n) is 4.78. The molecular weight excluding hydrogens is 274 g/mol. The minimum absolute atomic E-state index is 0.0685. The second kappa shape index (κ2) is 5.13. The van der Waals surface area contributed by atoms with Gasteiger partial charge in [0.2, 0.25) is 11.9 Å². The van der Waals surface area contributed by atoms with Gasteiger partial charge >= 0.3 is 0 Å². The molecule has 5 nitrogen and oxygen atoms in total. The van der Waals surface area contributed by atoms with Gasteiger partial charge in [-0.25, -0.2) is 9.97 Å². The lowest BCUT2D eigenvalue weighted by molar-refractivity contribution is -0.114. The van der Waals surface area contributed by atoms with Crippen molar-refractivity contribution in [3.63, 3.8) is 0 Å². The standard InChI is InChI=1S/C14H13N3O2S/c1-8(18)16-14-15-7-10-11(17-14)5-9(6-12(10)19)13-3-2-4-20-13/h2-4,7,9H,5-6H2,1H3,(H,15,16,17,18)/t9-/m1/s1. The highest BCUT2D eigenvalue weighted by Crippen LogP contribution is 2.34. The van der Waals surface area contributed by atoms with Gasteiger partial charge in [-0.05, 0) is 17.9 Å². The van der Waals surface area contributed by atoms with Crippen molar-refractivity contribution in [2.24, 2.45) is 0 Å². The van der Waals surface area contributed by atoms with Gasteiger partial charge in [0.05, 0.1) is 11.3 Å². The molecule has 1 aliphatic rings. The molecule has 6 heteroatoms. The Balaban J connectivity index is 1.92. The van der Waals surface area contributed by atoms with Gasteiger partial charge in [-0.1, -0.05) is 6.07 Å². The van der Waals surface area contributed by atoms with Gasteiger partial charge in [-0.3, -0.25) is 14.9 Å². The van der Waals surface area contributed by atoms with Crippen molar-refractivity contribution >= 4 is 29.0 Å². The quantitative estimate of drug-likeness (QED) is 0.920. The molecule has 2 aromatic heterocycles. The lowest BCUT2D eigenvalue weighted by Crippen LogP contribution is -2.21. The van der Waals surface area contributed by atoms with E-state index in [2.05, 4.69) is 15.3 Å². The lowest BCUT2D eigenvalue weighted by atomic mass is 9.86. The Morgan fingerprint density at radius 2 is 2.30 bits per heavy atom. The first kappa shape index (κ1) is 12.9. The van der Waals surface area contributed by atoms with Crippen molar-refractivity contribution in [2.45, 2.75) is 25.7 Å². The Kier molecular flexibility index (Phi) is 3.31. The Bertz CT molecular complexity index is 667. The van der Waals surface area contributed by atoms with Crippen LogP contribution in [0.15, 0.2) is 23.7 Å². The number of carbonyl (C=O) groups excluding carboxylic acids is 2. The maximum absolute atomic E-state index is 12.2. The zero-order valence-corrected chi connectivity index (χ0v) is 11.7. The summed E-state index contributed by atoms with van der Waals surface area (Å²) in [4.78, 5) is 32.7. The number of hydrogen-bond donors (Lipinski definition) is 1. The van der Waals surface area contributed by atoms with Crippen LogP contribution in [0.4, 0.5) is 5.95 Å². The van der Waals surface area contributed by atoms with Gasteiger partial charge in [-0.2, -0.15) is 0 Å². The number of amides is 1. The van der Waals surface area contributed by atoms with Crippen LogP contribution in [-0.4, -0.2) is 21.7 Å². The van der Waals surface area contributed by atoms with Crippen molar-refractivity contribution in [3.8, 4) is 0 Å². The highest BCUT2D eigenvalue weighted by molar-refractivity contribution is 7.10. The highest BCUT2D eigenvalue weighted by Gasteiger charge is 2.28. The van der Waals surface area contributed by atoms with Gasteiger partial charge in [0.1, 0.15) is 0 Å². The van der Waals surface area contributed by atoms with Gasteiger partial charge in [0.15, 0.2) is 5.78 Å². The van der Waals surface area contributed by atoms with Gasteiger partial charge in [-0.15, -0.1) is 11.3 Å². The van der Waals surface area contributed by atoms with Crippen molar-refractivity contribution in [1.82, 2.24) is 9.97 Å². The average Bonchev–Trinajstić information content (AvgIpc) is 2.91. The summed E-state index contributed by atoms with van der Waals surface area (Å²) < 4.78 is 0. The highest BCUT2D eigenvalue weighted by atomic mass is 32.1. The predicted molar refractivity (Wildman–Crippen MR) is 76.0 cm³/mol. The largest absolute Gasteiger partial charge is 0.295 e. The van der Waals surface area contributed by atoms with Crippen LogP contribution in [-0.2, 0) is 11.2 Å². The van der Waals surface area contributed by atoms with Crippen molar-refractivity contribution < 1.29 is 9.59 Å². The summed E-state index contributed by atoms with van der Waals surface area (Å²) >= 11 is 1.66. The molecule has 20 heavy (non-hydrogen) atoms. The zero-order valence-electron chi connectivity index (χ0n) is 10.9. The second-order valence-corrected chi connectivity index (χ2v) is 5.76. The monoisotopic (exact) mass is 287 g/mol. The molecule has 2 heterocycles. The number of anilines is 1. The van der Waals surface area contributed by atoms with Crippen LogP contribution < -0.4 is 5.32 Å². The molecule has 1 atom stereocenters. The topological polar surface area (TPSA) is 72.0 Å². The van der Waals surface area contributed by atoms with Crippen LogP contribution in [0.2, 0.25) is 0 Å². The van der Waals surface area contributed by atoms with E-state index in [4.69, 9.17) is 0 Å². The minimum Gasteiger partial charge on any atom is -0.295 e. The first-order chi connectivity index (χ1) is 9.63. The fourth-order valence-corrected chi connectivity index (χ4v) is 3.22. The Morgan fingerprint density at radius 1 is 1.45 bits per heavy atom. The van der Waals surface area contributed by atoms with E-state index in [0.29, 0.717) is 18.4 Å². The van der Waals surface area contributed by atoms with Crippen molar-refractivity contribution in [2.75, 3.05) is 5.32 Å². The summed E-state index contributed by atoms with van der Waals surface area (Å²) in [6.07, 6.45) is 2.72. The average molecular weight is 287 g/mol. The normalized spacial score (nSPS) is 17.6. The first-order valence-electron chi connectivity index (χ1n) is 6.33. The molecule has 0 aromatic carbocycles. The number of carbonyl (C=O) groups is 2. The minimum atomic E-state index is -0.220. The molecule has 0 saturated carbocycles. The molecule has 1 N–H and O–H groups in total. The fourth-order valence-electron chi connectivity index (χ4n) is 2.39. The maximum atomic E-state index is 12.2. The van der Waals surface area contributed by atoms with Gasteiger partial charge < -0.3 is 0 Å². The number of hydrogen-bond acceptors (Lipinski definition) is 5. The molecule has 1 amide bonds. The first-order valence-corrected chi connectivity index (χ1v) is 7.21. The molecule has 2 aromatic rings. The van der Waals surface area contributed by atoms with Crippen LogP contribution in [0, 0.1) is 0 Å². The number of nitrogens with one attached hydrogen (secondary N) is 1. The van der Waals surface area contributed by atoms with Crippen molar-refractivity contribution in [1.29, 1.82) is 0 Å². The molecule has 0 bridgehead atoms. The predicted octanol–water partition coefficient (Wildman–Crippen LogP) is 2.41. The van der Waals surface area contributed by atoms with E-state index in [-0.39, 0.29) is 23.6 Å². The van der Waals surface area contributed by atoms with E-state index in [1.165, 1.54) is 18.0 Å². The van der Waals surface area contributed by atoms with Crippen LogP contribution in [0.1, 0.15) is 40.2 Å². The SMILES string of the molecule is CC(=O)Nc1ncc2c(n1)C[C@@H](c1cccs1)CC2=O. The molecule has 0 aliphatic heterocycles. The molecule has 3 rings (SSSR count). The number of thiophene rings is 1. The molecule has 0 fully saturated rings. The molecule has 0 spiro atoms. The van der Waals surface area contributed by atoms with E-state index in [9.17, 15) is 9.59 Å². The number of fused-ring (bicyclic) bond motifs is 1. The van der Waals surface area contributed by atoms with E-state index in [0.717, 1.165) is 5.69 Å². The number of aromatic nitrogens is 2. The molecule has 102 valence electrons. The third-order valence-electron chi connectivity index (χ3n) is 3.27. The Morgan fingerprint density at radius 3 is 3.00 bits per heavy atom. The fraction of sp³-hybridized carbons (Fsp3) is 0.286. The third kappa shape index (κ3) is 2.46. The van der Waals surface area contributed by atoms with E-state index >= 15 is 0 Å².